The summed E-state index contributed by atoms with van der Waals surface area (Å²) in [6, 6.07) is 51.7. The highest BCUT2D eigenvalue weighted by atomic mass is 127. The minimum absolute atomic E-state index is 0.141. The number of aromatic nitrogens is 1. The minimum Gasteiger partial charge on any atom is -0.350 e. The van der Waals surface area contributed by atoms with E-state index in [0.717, 1.165) is 0 Å². The number of para-hydroxylation sites is 1. The van der Waals surface area contributed by atoms with Gasteiger partial charge in [-0.25, -0.2) is 0 Å². The molecule has 0 aliphatic carbocycles. The Labute approximate surface area is 233 Å². The largest absolute Gasteiger partial charge is 0.350 e. The molecule has 1 heterocycles. The zero-order valence-electron chi connectivity index (χ0n) is 20.7. The van der Waals surface area contributed by atoms with Gasteiger partial charge < -0.3 is 4.57 Å². The molecule has 1 unspecified atom stereocenters. The first-order valence-corrected chi connectivity index (χ1v) is 15.5. The highest BCUT2D eigenvalue weighted by Gasteiger charge is 2.54. The Kier molecular flexibility index (Phi) is 6.71. The fourth-order valence-electron chi connectivity index (χ4n) is 5.73. The first-order valence-electron chi connectivity index (χ1n) is 12.5. The molecule has 1 nitrogen and oxygen atoms in total. The van der Waals surface area contributed by atoms with Crippen LogP contribution in [0.25, 0.3) is 10.9 Å². The zero-order chi connectivity index (χ0) is 25.2. The number of aryl methyl sites for hydroxylation is 1. The Balaban J connectivity index is 1.81. The molecule has 0 aliphatic rings. The van der Waals surface area contributed by atoms with Gasteiger partial charge in [0.15, 0.2) is 0 Å². The maximum atomic E-state index is 2.41. The Bertz CT molecular complexity index is 1530. The van der Waals surface area contributed by atoms with E-state index in [2.05, 4.69) is 180 Å². The predicted molar refractivity (Wildman–Crippen MR) is 169 cm³/mol. The SMILES string of the molecule is Cn1cc(C(c2ccc(I)cc2)[P+](c2ccccc2)(c2ccccc2)c2ccccc2)c2ccccc21. The first-order chi connectivity index (χ1) is 18.2. The third-order valence-electron chi connectivity index (χ3n) is 7.29. The molecule has 37 heavy (non-hydrogen) atoms. The van der Waals surface area contributed by atoms with Gasteiger partial charge in [0.25, 0.3) is 0 Å². The molecular weight excluding hydrogens is 580 g/mol. The van der Waals surface area contributed by atoms with Gasteiger partial charge in [-0.3, -0.25) is 0 Å². The number of fused-ring (bicyclic) bond motifs is 1. The van der Waals surface area contributed by atoms with Gasteiger partial charge in [0.2, 0.25) is 0 Å². The van der Waals surface area contributed by atoms with E-state index in [0.29, 0.717) is 0 Å². The van der Waals surface area contributed by atoms with Gasteiger partial charge in [0, 0.05) is 33.3 Å². The number of halogens is 1. The van der Waals surface area contributed by atoms with Crippen LogP contribution in [0.4, 0.5) is 0 Å². The number of hydrogen-bond acceptors (Lipinski definition) is 0. The Morgan fingerprint density at radius 3 is 1.54 bits per heavy atom. The Hall–Kier alpha value is -3.20. The second kappa shape index (κ2) is 10.3. The molecule has 6 aromatic rings. The van der Waals surface area contributed by atoms with Crippen molar-refractivity contribution < 1.29 is 0 Å². The van der Waals surface area contributed by atoms with E-state index in [1.54, 1.807) is 0 Å². The molecule has 1 aromatic heterocycles. The number of rotatable bonds is 6. The second-order valence-electron chi connectivity index (χ2n) is 9.40. The molecule has 0 spiro atoms. The lowest BCUT2D eigenvalue weighted by Crippen LogP contribution is -2.35. The summed E-state index contributed by atoms with van der Waals surface area (Å²) in [6.07, 6.45) is 2.37. The molecule has 6 rings (SSSR count). The van der Waals surface area contributed by atoms with Gasteiger partial charge >= 0.3 is 0 Å². The van der Waals surface area contributed by atoms with Crippen LogP contribution in [0.1, 0.15) is 16.8 Å². The molecule has 5 aromatic carbocycles. The summed E-state index contributed by atoms with van der Waals surface area (Å²) in [4.78, 5) is 0. The number of nitrogens with zero attached hydrogens (tertiary/aromatic N) is 1. The van der Waals surface area contributed by atoms with E-state index in [4.69, 9.17) is 0 Å². The molecule has 0 radical (unpaired) electrons. The van der Waals surface area contributed by atoms with E-state index in [-0.39, 0.29) is 5.66 Å². The maximum absolute atomic E-state index is 2.41. The molecule has 180 valence electrons. The highest BCUT2D eigenvalue weighted by Crippen LogP contribution is 2.69. The molecular formula is C34H28INP+. The lowest BCUT2D eigenvalue weighted by molar-refractivity contribution is 0.954. The third kappa shape index (κ3) is 4.23. The standard InChI is InChI=1S/C34H28INP/c1-36-25-32(31-19-11-12-20-33(31)36)34(26-21-23-27(35)24-22-26)37(28-13-5-2-6-14-28,29-15-7-3-8-16-29)30-17-9-4-10-18-30/h2-25,34H,1H3/q+1. The summed E-state index contributed by atoms with van der Waals surface area (Å²) < 4.78 is 3.54. The van der Waals surface area contributed by atoms with Crippen LogP contribution in [0.3, 0.4) is 0 Å². The summed E-state index contributed by atoms with van der Waals surface area (Å²) in [5, 5.41) is 5.50. The highest BCUT2D eigenvalue weighted by molar-refractivity contribution is 14.1. The van der Waals surface area contributed by atoms with Crippen molar-refractivity contribution in [3.8, 4) is 0 Å². The lowest BCUT2D eigenvalue weighted by Gasteiger charge is -2.35. The van der Waals surface area contributed by atoms with E-state index >= 15 is 0 Å². The van der Waals surface area contributed by atoms with Crippen molar-refractivity contribution in [3.05, 3.63) is 160 Å². The fourth-order valence-corrected chi connectivity index (χ4v) is 11.0. The van der Waals surface area contributed by atoms with Gasteiger partial charge in [-0.2, -0.15) is 0 Å². The van der Waals surface area contributed by atoms with Gasteiger partial charge in [-0.05, 0) is 82.8 Å². The van der Waals surface area contributed by atoms with E-state index < -0.39 is 7.26 Å². The van der Waals surface area contributed by atoms with Gasteiger partial charge in [0.05, 0.1) is 0 Å². The van der Waals surface area contributed by atoms with Crippen molar-refractivity contribution in [2.75, 3.05) is 0 Å². The number of hydrogen-bond donors (Lipinski definition) is 0. The average Bonchev–Trinajstić information content (AvgIpc) is 3.29. The minimum atomic E-state index is -2.23. The second-order valence-corrected chi connectivity index (χ2v) is 14.2. The van der Waals surface area contributed by atoms with Crippen molar-refractivity contribution in [1.29, 1.82) is 0 Å². The van der Waals surface area contributed by atoms with Crippen LogP contribution < -0.4 is 15.9 Å². The Morgan fingerprint density at radius 1 is 0.568 bits per heavy atom. The zero-order valence-corrected chi connectivity index (χ0v) is 23.8. The van der Waals surface area contributed by atoms with Crippen LogP contribution in [0.2, 0.25) is 0 Å². The monoisotopic (exact) mass is 608 g/mol. The van der Waals surface area contributed by atoms with Crippen LogP contribution in [-0.2, 0) is 7.05 Å². The summed E-state index contributed by atoms with van der Waals surface area (Å²) in [5.41, 5.74) is 4.13. The molecule has 0 fully saturated rings. The molecule has 1 atom stereocenters. The summed E-state index contributed by atoms with van der Waals surface area (Å²) in [7, 11) is -0.0580. The average molecular weight is 608 g/mol. The Morgan fingerprint density at radius 2 is 1.03 bits per heavy atom. The number of benzene rings is 5. The van der Waals surface area contributed by atoms with Crippen LogP contribution in [-0.4, -0.2) is 4.57 Å². The molecule has 0 bridgehead atoms. The van der Waals surface area contributed by atoms with Crippen LogP contribution in [0.15, 0.2) is 146 Å². The smallest absolute Gasteiger partial charge is 0.136 e. The molecule has 0 aliphatic heterocycles. The molecule has 3 heteroatoms. The van der Waals surface area contributed by atoms with Gasteiger partial charge in [-0.1, -0.05) is 84.9 Å². The quantitative estimate of drug-likeness (QED) is 0.134. The van der Waals surface area contributed by atoms with E-state index in [1.807, 2.05) is 0 Å². The topological polar surface area (TPSA) is 4.93 Å². The van der Waals surface area contributed by atoms with Crippen LogP contribution in [0.5, 0.6) is 0 Å². The fraction of sp³-hybridized carbons (Fsp3) is 0.0588. The summed E-state index contributed by atoms with van der Waals surface area (Å²) in [5.74, 6) is 0. The molecule has 0 amide bonds. The first kappa shape index (κ1) is 24.2. The maximum Gasteiger partial charge on any atom is 0.136 e. The third-order valence-corrected chi connectivity index (χ3v) is 12.7. The van der Waals surface area contributed by atoms with Crippen LogP contribution >= 0.6 is 29.9 Å². The van der Waals surface area contributed by atoms with Gasteiger partial charge in [-0.15, -0.1) is 0 Å². The van der Waals surface area contributed by atoms with Crippen molar-refractivity contribution in [3.63, 3.8) is 0 Å². The summed E-state index contributed by atoms with van der Waals surface area (Å²) >= 11 is 2.41. The predicted octanol–water partition coefficient (Wildman–Crippen LogP) is 7.87. The van der Waals surface area contributed by atoms with Gasteiger partial charge in [0.1, 0.15) is 28.8 Å². The van der Waals surface area contributed by atoms with Crippen molar-refractivity contribution in [1.82, 2.24) is 4.57 Å². The van der Waals surface area contributed by atoms with Crippen molar-refractivity contribution in [2.24, 2.45) is 7.05 Å². The summed E-state index contributed by atoms with van der Waals surface area (Å²) in [6.45, 7) is 0. The normalized spacial score (nSPS) is 12.5. The molecule has 0 saturated carbocycles. The van der Waals surface area contributed by atoms with Crippen LogP contribution in [0, 0.1) is 3.57 Å². The van der Waals surface area contributed by atoms with Crippen molar-refractivity contribution in [2.45, 2.75) is 5.66 Å². The van der Waals surface area contributed by atoms with E-state index in [1.165, 1.54) is 41.5 Å². The molecule has 0 N–H and O–H groups in total. The lowest BCUT2D eigenvalue weighted by atomic mass is 10.0. The van der Waals surface area contributed by atoms with E-state index in [9.17, 15) is 0 Å². The molecule has 0 saturated heterocycles. The van der Waals surface area contributed by atoms with Crippen molar-refractivity contribution >= 4 is 56.7 Å².